The second-order valence-corrected chi connectivity index (χ2v) is 2.51. The third-order valence-electron chi connectivity index (χ3n) is 0.622. The van der Waals surface area contributed by atoms with Crippen molar-refractivity contribution in [3.05, 3.63) is 0 Å². The van der Waals surface area contributed by atoms with Gasteiger partial charge in [-0.2, -0.15) is 0 Å². The van der Waals surface area contributed by atoms with Gasteiger partial charge in [-0.25, -0.2) is 0 Å². The van der Waals surface area contributed by atoms with Crippen molar-refractivity contribution >= 4 is 57.4 Å². The summed E-state index contributed by atoms with van der Waals surface area (Å²) in [6.07, 6.45) is -0.394. The maximum absolute atomic E-state index is 9.92. The van der Waals surface area contributed by atoms with Crippen LogP contribution in [0.2, 0.25) is 0 Å². The molecule has 4 nitrogen and oxygen atoms in total. The van der Waals surface area contributed by atoms with Gasteiger partial charge in [0.15, 0.2) is 0 Å². The van der Waals surface area contributed by atoms with Gasteiger partial charge in [0.2, 0.25) is 0 Å². The normalized spacial score (nSPS) is 11.3. The molecule has 0 amide bonds. The van der Waals surface area contributed by atoms with E-state index in [0.717, 1.165) is 0 Å². The van der Waals surface area contributed by atoms with E-state index in [1.165, 1.54) is 0 Å². The van der Waals surface area contributed by atoms with E-state index in [9.17, 15) is 9.59 Å². The van der Waals surface area contributed by atoms with Crippen molar-refractivity contribution in [1.82, 2.24) is 0 Å². The van der Waals surface area contributed by atoms with E-state index in [-0.39, 0.29) is 29.6 Å². The molecule has 0 heterocycles. The average Bonchev–Trinajstić information content (AvgIpc) is 1.63. The van der Waals surface area contributed by atoms with E-state index in [1.54, 1.807) is 0 Å². The van der Waals surface area contributed by atoms with E-state index in [4.69, 9.17) is 10.2 Å². The van der Waals surface area contributed by atoms with Crippen LogP contribution >= 0.6 is 15.9 Å². The van der Waals surface area contributed by atoms with Gasteiger partial charge in [0, 0.05) is 0 Å². The molecule has 0 spiro atoms. The monoisotopic (exact) mass is 220 g/mol. The van der Waals surface area contributed by atoms with Crippen molar-refractivity contribution in [2.75, 3.05) is 0 Å². The van der Waals surface area contributed by atoms with Gasteiger partial charge in [0.1, 0.15) is 4.83 Å². The molecule has 0 radical (unpaired) electrons. The molecule has 0 saturated heterocycles. The number of alkyl halides is 1. The molecule has 6 heteroatoms. The van der Waals surface area contributed by atoms with Crippen LogP contribution in [-0.4, -0.2) is 56.5 Å². The van der Waals surface area contributed by atoms with Crippen LogP contribution in [0.4, 0.5) is 0 Å². The van der Waals surface area contributed by atoms with Crippen LogP contribution in [0.25, 0.3) is 0 Å². The predicted molar refractivity (Wildman–Crippen MR) is 39.8 cm³/mol. The van der Waals surface area contributed by atoms with E-state index < -0.39 is 23.2 Å². The van der Waals surface area contributed by atoms with Crippen LogP contribution in [0.15, 0.2) is 0 Å². The summed E-state index contributed by atoms with van der Waals surface area (Å²) in [5.74, 6) is -2.28. The standard InChI is InChI=1S/C4H5BrO4.Na.H/c5-2(4(8)9)1-3(6)7;;/h2H,1H2,(H,6,7)(H,8,9);;. The number of carbonyl (C=O) groups is 2. The van der Waals surface area contributed by atoms with Crippen molar-refractivity contribution in [2.45, 2.75) is 11.2 Å². The second kappa shape index (κ2) is 6.15. The van der Waals surface area contributed by atoms with Gasteiger partial charge in [-0.3, -0.25) is 9.59 Å². The Bertz CT molecular complexity index is 137. The summed E-state index contributed by atoms with van der Waals surface area (Å²) in [4.78, 5) is 18.8. The molecule has 0 bridgehead atoms. The van der Waals surface area contributed by atoms with E-state index in [0.29, 0.717) is 0 Å². The van der Waals surface area contributed by atoms with Crippen molar-refractivity contribution in [3.8, 4) is 0 Å². The molecule has 0 saturated carbocycles. The fourth-order valence-electron chi connectivity index (χ4n) is 0.241. The zero-order chi connectivity index (χ0) is 7.44. The third kappa shape index (κ3) is 6.54. The summed E-state index contributed by atoms with van der Waals surface area (Å²) in [7, 11) is 0. The number of halogens is 1. The van der Waals surface area contributed by atoms with Gasteiger partial charge in [0.25, 0.3) is 0 Å². The zero-order valence-corrected chi connectivity index (χ0v) is 5.96. The van der Waals surface area contributed by atoms with Gasteiger partial charge >= 0.3 is 41.5 Å². The summed E-state index contributed by atoms with van der Waals surface area (Å²) in [5, 5.41) is 16.2. The number of rotatable bonds is 3. The van der Waals surface area contributed by atoms with Crippen molar-refractivity contribution in [3.63, 3.8) is 0 Å². The summed E-state index contributed by atoms with van der Waals surface area (Å²) in [5.41, 5.74) is 0. The average molecular weight is 221 g/mol. The fourth-order valence-corrected chi connectivity index (χ4v) is 0.518. The minimum atomic E-state index is -1.16. The summed E-state index contributed by atoms with van der Waals surface area (Å²) in [6.45, 7) is 0. The van der Waals surface area contributed by atoms with Gasteiger partial charge < -0.3 is 10.2 Å². The van der Waals surface area contributed by atoms with Crippen molar-refractivity contribution < 1.29 is 19.8 Å². The Morgan fingerprint density at radius 1 is 1.40 bits per heavy atom. The molecule has 0 aromatic carbocycles. The Morgan fingerprint density at radius 3 is 1.90 bits per heavy atom. The second-order valence-electron chi connectivity index (χ2n) is 1.40. The number of hydrogen-bond donors (Lipinski definition) is 2. The summed E-state index contributed by atoms with van der Waals surface area (Å²) in [6, 6.07) is 0. The molecular weight excluding hydrogens is 215 g/mol. The first-order chi connectivity index (χ1) is 4.04. The van der Waals surface area contributed by atoms with Gasteiger partial charge in [0.05, 0.1) is 6.42 Å². The Balaban J connectivity index is 0. The molecular formula is C4H6BrNaO4. The molecule has 2 N–H and O–H groups in total. The first-order valence-electron chi connectivity index (χ1n) is 2.12. The van der Waals surface area contributed by atoms with Gasteiger partial charge in [-0.1, -0.05) is 15.9 Å². The molecule has 0 fully saturated rings. The first kappa shape index (κ1) is 13.0. The van der Waals surface area contributed by atoms with Crippen LogP contribution in [0.3, 0.4) is 0 Å². The van der Waals surface area contributed by atoms with E-state index in [2.05, 4.69) is 15.9 Å². The van der Waals surface area contributed by atoms with Gasteiger partial charge in [-0.15, -0.1) is 0 Å². The molecule has 0 aliphatic carbocycles. The molecule has 1 unspecified atom stereocenters. The molecule has 0 rings (SSSR count). The SMILES string of the molecule is O=C(O)CC(Br)C(=O)O.[NaH]. The number of carboxylic acids is 2. The zero-order valence-electron chi connectivity index (χ0n) is 4.37. The number of aliphatic carboxylic acids is 2. The summed E-state index contributed by atoms with van der Waals surface area (Å²) < 4.78 is 0. The molecule has 0 aliphatic rings. The Labute approximate surface area is 88.0 Å². The maximum atomic E-state index is 9.92. The van der Waals surface area contributed by atoms with Crippen LogP contribution < -0.4 is 0 Å². The van der Waals surface area contributed by atoms with Crippen LogP contribution in [-0.2, 0) is 9.59 Å². The molecule has 54 valence electrons. The van der Waals surface area contributed by atoms with Crippen molar-refractivity contribution in [1.29, 1.82) is 0 Å². The third-order valence-corrected chi connectivity index (χ3v) is 1.34. The van der Waals surface area contributed by atoms with E-state index >= 15 is 0 Å². The minimum absolute atomic E-state index is 0. The molecule has 0 aliphatic heterocycles. The first-order valence-corrected chi connectivity index (χ1v) is 3.04. The van der Waals surface area contributed by atoms with Gasteiger partial charge in [-0.05, 0) is 0 Å². The Kier molecular flexibility index (Phi) is 8.02. The number of hydrogen-bond acceptors (Lipinski definition) is 2. The van der Waals surface area contributed by atoms with Crippen LogP contribution in [0.1, 0.15) is 6.42 Å². The van der Waals surface area contributed by atoms with Crippen molar-refractivity contribution in [2.24, 2.45) is 0 Å². The Hall–Kier alpha value is 0.420. The van der Waals surface area contributed by atoms with E-state index in [1.807, 2.05) is 0 Å². The predicted octanol–water partition coefficient (Wildman–Crippen LogP) is -0.339. The molecule has 0 aromatic heterocycles. The topological polar surface area (TPSA) is 74.6 Å². The molecule has 0 aromatic rings. The molecule has 1 atom stereocenters. The quantitative estimate of drug-likeness (QED) is 0.505. The molecule has 10 heavy (non-hydrogen) atoms. The van der Waals surface area contributed by atoms with Crippen LogP contribution in [0.5, 0.6) is 0 Å². The summed E-state index contributed by atoms with van der Waals surface area (Å²) >= 11 is 2.66. The fraction of sp³-hybridized carbons (Fsp3) is 0.500. The Morgan fingerprint density at radius 2 is 1.80 bits per heavy atom. The van der Waals surface area contributed by atoms with Crippen LogP contribution in [0, 0.1) is 0 Å². The number of carboxylic acid groups (broad SMARTS) is 2.